The van der Waals surface area contributed by atoms with E-state index < -0.39 is 12.0 Å². The van der Waals surface area contributed by atoms with E-state index in [4.69, 9.17) is 20.9 Å². The van der Waals surface area contributed by atoms with E-state index in [-0.39, 0.29) is 18.8 Å². The number of ether oxygens (including phenoxy) is 2. The third-order valence-corrected chi connectivity index (χ3v) is 9.75. The maximum Gasteiger partial charge on any atom is 0.338 e. The number of carbonyl (C=O) groups is 1. The topological polar surface area (TPSA) is 69.9 Å². The summed E-state index contributed by atoms with van der Waals surface area (Å²) in [5.74, 6) is 2.71. The number of thioether (sulfide) groups is 1. The Labute approximate surface area is 278 Å². The Morgan fingerprint density at radius 1 is 1.14 bits per heavy atom. The molecule has 0 fully saturated rings. The fraction of sp³-hybridized carbons (Fsp3) is 0.156. The van der Waals surface area contributed by atoms with E-state index in [1.807, 2.05) is 79.1 Å². The number of fused-ring (bicyclic) bond motifs is 1. The molecule has 1 atom stereocenters. The van der Waals surface area contributed by atoms with Gasteiger partial charge in [-0.25, -0.2) is 9.79 Å². The molecule has 0 radical (unpaired) electrons. The zero-order valence-corrected chi connectivity index (χ0v) is 28.5. The van der Waals surface area contributed by atoms with Gasteiger partial charge in [0.25, 0.3) is 5.56 Å². The first-order chi connectivity index (χ1) is 20.4. The summed E-state index contributed by atoms with van der Waals surface area (Å²) in [5, 5.41) is 0. The van der Waals surface area contributed by atoms with E-state index in [1.54, 1.807) is 23.3 Å². The van der Waals surface area contributed by atoms with Crippen molar-refractivity contribution in [1.29, 1.82) is 0 Å². The van der Waals surface area contributed by atoms with Gasteiger partial charge in [-0.1, -0.05) is 59.7 Å². The van der Waals surface area contributed by atoms with E-state index >= 15 is 0 Å². The van der Waals surface area contributed by atoms with Crippen LogP contribution in [0.2, 0.25) is 0 Å². The molecule has 0 saturated heterocycles. The number of thiazole rings is 1. The average molecular weight is 818 g/mol. The van der Waals surface area contributed by atoms with Gasteiger partial charge in [-0.15, -0.1) is 18.2 Å². The monoisotopic (exact) mass is 818 g/mol. The Hall–Kier alpha value is -2.86. The molecule has 0 N–H and O–H groups in total. The summed E-state index contributed by atoms with van der Waals surface area (Å²) in [5.41, 5.74) is 3.01. The summed E-state index contributed by atoms with van der Waals surface area (Å²) in [6.45, 7) is 2.14. The quantitative estimate of drug-likeness (QED) is 0.0963. The van der Waals surface area contributed by atoms with Gasteiger partial charge in [0.1, 0.15) is 12.4 Å². The third-order valence-electron chi connectivity index (χ3n) is 6.42. The molecular formula is C32H24I2N2O4S2. The molecule has 3 aromatic carbocycles. The SMILES string of the molecule is C#CCOc1c(I)cc(/C=c2\sc3n(c2=O)[C@H](c2ccc(SC)cc2)C(C(=O)OCC)=C(c2ccccc2)N=3)cc1I. The van der Waals surface area contributed by atoms with Crippen molar-refractivity contribution in [2.45, 2.75) is 17.9 Å². The van der Waals surface area contributed by atoms with Crippen LogP contribution in [0.3, 0.4) is 0 Å². The number of hydrogen-bond acceptors (Lipinski definition) is 7. The van der Waals surface area contributed by atoms with Gasteiger partial charge in [0.15, 0.2) is 4.80 Å². The third kappa shape index (κ3) is 6.24. The van der Waals surface area contributed by atoms with Crippen molar-refractivity contribution in [3.05, 3.63) is 116 Å². The molecule has 0 amide bonds. The summed E-state index contributed by atoms with van der Waals surface area (Å²) in [6.07, 6.45) is 9.22. The van der Waals surface area contributed by atoms with Crippen LogP contribution in [0, 0.1) is 19.5 Å². The number of hydrogen-bond donors (Lipinski definition) is 0. The number of aromatic nitrogens is 1. The van der Waals surface area contributed by atoms with Crippen LogP contribution in [-0.4, -0.2) is 30.0 Å². The van der Waals surface area contributed by atoms with Crippen LogP contribution >= 0.6 is 68.3 Å². The van der Waals surface area contributed by atoms with Gasteiger partial charge < -0.3 is 9.47 Å². The van der Waals surface area contributed by atoms with Crippen molar-refractivity contribution >= 4 is 86.0 Å². The zero-order valence-electron chi connectivity index (χ0n) is 22.6. The normalized spacial score (nSPS) is 14.6. The second-order valence-corrected chi connectivity index (χ2v) is 13.2. The van der Waals surface area contributed by atoms with Gasteiger partial charge in [0.2, 0.25) is 0 Å². The van der Waals surface area contributed by atoms with Crippen LogP contribution in [-0.2, 0) is 9.53 Å². The van der Waals surface area contributed by atoms with Crippen molar-refractivity contribution < 1.29 is 14.3 Å². The first-order valence-electron chi connectivity index (χ1n) is 12.8. The molecule has 0 bridgehead atoms. The summed E-state index contributed by atoms with van der Waals surface area (Å²) in [6, 6.07) is 20.6. The Morgan fingerprint density at radius 3 is 2.45 bits per heavy atom. The number of halogens is 2. The van der Waals surface area contributed by atoms with Gasteiger partial charge in [-0.2, -0.15) is 0 Å². The minimum atomic E-state index is -0.714. The van der Waals surface area contributed by atoms with Crippen molar-refractivity contribution in [3.63, 3.8) is 0 Å². The predicted octanol–water partition coefficient (Wildman–Crippen LogP) is 5.88. The van der Waals surface area contributed by atoms with Crippen LogP contribution in [0.4, 0.5) is 0 Å². The molecular weight excluding hydrogens is 794 g/mol. The van der Waals surface area contributed by atoms with Crippen molar-refractivity contribution in [2.75, 3.05) is 19.5 Å². The first kappa shape index (κ1) is 30.6. The molecule has 0 saturated carbocycles. The Balaban J connectivity index is 1.76. The standard InChI is InChI=1S/C32H24I2N2O4S2/c1-4-15-40-29-23(33)16-19(17-24(29)34)18-25-30(37)36-28(21-11-13-22(41-3)14-12-21)26(31(38)39-5-2)27(35-32(36)42-25)20-9-7-6-8-10-20/h1,6-14,16-18,28H,5,15H2,2-3H3/b25-18-/t28-/m1/s1. The summed E-state index contributed by atoms with van der Waals surface area (Å²) >= 11 is 7.33. The lowest BCUT2D eigenvalue weighted by molar-refractivity contribution is -0.138. The average Bonchev–Trinajstić information content (AvgIpc) is 3.30. The van der Waals surface area contributed by atoms with E-state index in [0.29, 0.717) is 26.4 Å². The maximum atomic E-state index is 14.1. The molecule has 42 heavy (non-hydrogen) atoms. The number of nitrogens with zero attached hydrogens (tertiary/aromatic N) is 2. The number of rotatable bonds is 8. The van der Waals surface area contributed by atoms with Crippen molar-refractivity contribution in [1.82, 2.24) is 4.57 Å². The predicted molar refractivity (Wildman–Crippen MR) is 185 cm³/mol. The van der Waals surface area contributed by atoms with E-state index in [9.17, 15) is 9.59 Å². The van der Waals surface area contributed by atoms with Gasteiger partial charge in [-0.3, -0.25) is 9.36 Å². The van der Waals surface area contributed by atoms with Crippen LogP contribution in [0.5, 0.6) is 5.75 Å². The van der Waals surface area contributed by atoms with Gasteiger partial charge in [-0.05, 0) is 99.8 Å². The second kappa shape index (κ2) is 13.6. The highest BCUT2D eigenvalue weighted by Crippen LogP contribution is 2.36. The number of terminal acetylenes is 1. The van der Waals surface area contributed by atoms with Crippen LogP contribution in [0.25, 0.3) is 11.8 Å². The van der Waals surface area contributed by atoms with E-state index in [1.165, 1.54) is 11.3 Å². The van der Waals surface area contributed by atoms with Gasteiger partial charge in [0, 0.05) is 10.5 Å². The molecule has 6 nitrogen and oxygen atoms in total. The molecule has 0 aliphatic carbocycles. The van der Waals surface area contributed by atoms with Gasteiger partial charge >= 0.3 is 5.97 Å². The highest BCUT2D eigenvalue weighted by Gasteiger charge is 2.35. The number of carbonyl (C=O) groups excluding carboxylic acids is 1. The first-order valence-corrected chi connectivity index (χ1v) is 17.0. The molecule has 0 spiro atoms. The van der Waals surface area contributed by atoms with E-state index in [0.717, 1.165) is 28.7 Å². The minimum Gasteiger partial charge on any atom is -0.479 e. The van der Waals surface area contributed by atoms with Crippen molar-refractivity contribution in [3.8, 4) is 18.1 Å². The lowest BCUT2D eigenvalue weighted by Gasteiger charge is -2.26. The number of esters is 1. The fourth-order valence-corrected chi connectivity index (χ4v) is 8.14. The molecule has 212 valence electrons. The smallest absolute Gasteiger partial charge is 0.338 e. The fourth-order valence-electron chi connectivity index (χ4n) is 4.61. The molecule has 10 heteroatoms. The van der Waals surface area contributed by atoms with Crippen LogP contribution < -0.4 is 19.6 Å². The van der Waals surface area contributed by atoms with Crippen LogP contribution in [0.1, 0.15) is 29.7 Å². The van der Waals surface area contributed by atoms with Crippen LogP contribution in [0.15, 0.2) is 87.0 Å². The maximum absolute atomic E-state index is 14.1. The molecule has 1 aromatic heterocycles. The molecule has 0 unspecified atom stereocenters. The highest BCUT2D eigenvalue weighted by molar-refractivity contribution is 14.1. The molecule has 1 aliphatic rings. The van der Waals surface area contributed by atoms with Crippen molar-refractivity contribution in [2.24, 2.45) is 4.99 Å². The van der Waals surface area contributed by atoms with Gasteiger partial charge in [0.05, 0.1) is 35.6 Å². The Kier molecular flexibility index (Phi) is 9.92. The molecule has 4 aromatic rings. The minimum absolute atomic E-state index is 0.175. The molecule has 2 heterocycles. The summed E-state index contributed by atoms with van der Waals surface area (Å²) < 4.78 is 15.1. The Bertz CT molecular complexity index is 1880. The lowest BCUT2D eigenvalue weighted by atomic mass is 9.93. The molecule has 5 rings (SSSR count). The number of benzene rings is 3. The summed E-state index contributed by atoms with van der Waals surface area (Å²) in [7, 11) is 0. The largest absolute Gasteiger partial charge is 0.479 e. The lowest BCUT2D eigenvalue weighted by Crippen LogP contribution is -2.40. The highest BCUT2D eigenvalue weighted by atomic mass is 127. The van der Waals surface area contributed by atoms with E-state index in [2.05, 4.69) is 51.1 Å². The zero-order chi connectivity index (χ0) is 29.8. The summed E-state index contributed by atoms with van der Waals surface area (Å²) in [4.78, 5) is 34.2. The second-order valence-electron chi connectivity index (χ2n) is 9.01. The Morgan fingerprint density at radius 2 is 1.83 bits per heavy atom. The molecule has 1 aliphatic heterocycles.